The Morgan fingerprint density at radius 2 is 1.52 bits per heavy atom. The van der Waals surface area contributed by atoms with Gasteiger partial charge in [-0.3, -0.25) is 9.59 Å². The van der Waals surface area contributed by atoms with Crippen LogP contribution in [0.4, 0.5) is 0 Å². The van der Waals surface area contributed by atoms with Gasteiger partial charge in [0, 0.05) is 12.5 Å². The number of rotatable bonds is 9. The number of benzene rings is 2. The molecule has 0 heterocycles. The number of amides is 2. The molecule has 0 radical (unpaired) electrons. The first-order valence-corrected chi connectivity index (χ1v) is 10.1. The summed E-state index contributed by atoms with van der Waals surface area (Å²) in [6, 6.07) is 16.5. The largest absolute Gasteiger partial charge is 0.496 e. The predicted molar refractivity (Wildman–Crippen MR) is 116 cm³/mol. The molecule has 156 valence electrons. The van der Waals surface area contributed by atoms with Crippen molar-refractivity contribution in [2.45, 2.75) is 39.7 Å². The zero-order chi connectivity index (χ0) is 21.4. The normalized spacial score (nSPS) is 13.1. The Morgan fingerprint density at radius 1 is 0.897 bits per heavy atom. The van der Waals surface area contributed by atoms with E-state index in [9.17, 15) is 9.59 Å². The molecule has 2 aromatic carbocycles. The first kappa shape index (κ1) is 22.5. The Kier molecular flexibility index (Phi) is 8.25. The molecule has 2 amide bonds. The fraction of sp³-hybridized carbons (Fsp3) is 0.417. The molecule has 2 N–H and O–H groups in total. The highest BCUT2D eigenvalue weighted by Gasteiger charge is 2.27. The van der Waals surface area contributed by atoms with Crippen molar-refractivity contribution >= 4 is 11.8 Å². The van der Waals surface area contributed by atoms with Gasteiger partial charge in [0.05, 0.1) is 12.7 Å². The minimum absolute atomic E-state index is 0.0529. The highest BCUT2D eigenvalue weighted by Crippen LogP contribution is 2.23. The van der Waals surface area contributed by atoms with Gasteiger partial charge in [0.1, 0.15) is 11.8 Å². The van der Waals surface area contributed by atoms with Crippen molar-refractivity contribution in [3.8, 4) is 5.75 Å². The van der Waals surface area contributed by atoms with Crippen molar-refractivity contribution in [2.24, 2.45) is 11.8 Å². The molecule has 0 spiro atoms. The second-order valence-corrected chi connectivity index (χ2v) is 7.90. The van der Waals surface area contributed by atoms with Crippen molar-refractivity contribution in [3.63, 3.8) is 0 Å². The summed E-state index contributed by atoms with van der Waals surface area (Å²) >= 11 is 0. The molecule has 2 aromatic rings. The van der Waals surface area contributed by atoms with Crippen LogP contribution >= 0.6 is 0 Å². The van der Waals surface area contributed by atoms with Crippen LogP contribution in [0.3, 0.4) is 0 Å². The SMILES string of the molecule is COc1ccccc1C(=O)NC(C(=O)NCC(c1ccccc1)C(C)C)C(C)C. The van der Waals surface area contributed by atoms with E-state index in [2.05, 4.69) is 36.6 Å². The third-order valence-electron chi connectivity index (χ3n) is 5.12. The molecule has 0 bridgehead atoms. The van der Waals surface area contributed by atoms with Crippen molar-refractivity contribution in [3.05, 3.63) is 65.7 Å². The smallest absolute Gasteiger partial charge is 0.255 e. The lowest BCUT2D eigenvalue weighted by molar-refractivity contribution is -0.124. The lowest BCUT2D eigenvalue weighted by Gasteiger charge is -2.26. The number of methoxy groups -OCH3 is 1. The minimum atomic E-state index is -0.629. The topological polar surface area (TPSA) is 67.4 Å². The molecule has 29 heavy (non-hydrogen) atoms. The maximum absolute atomic E-state index is 12.9. The summed E-state index contributed by atoms with van der Waals surface area (Å²) in [6.45, 7) is 8.66. The molecule has 2 atom stereocenters. The molecule has 2 unspecified atom stereocenters. The van der Waals surface area contributed by atoms with Crippen LogP contribution < -0.4 is 15.4 Å². The molecule has 0 aliphatic carbocycles. The van der Waals surface area contributed by atoms with Crippen LogP contribution in [-0.4, -0.2) is 31.5 Å². The van der Waals surface area contributed by atoms with E-state index in [-0.39, 0.29) is 23.7 Å². The van der Waals surface area contributed by atoms with Gasteiger partial charge >= 0.3 is 0 Å². The van der Waals surface area contributed by atoms with Gasteiger partial charge in [0.15, 0.2) is 0 Å². The third-order valence-corrected chi connectivity index (χ3v) is 5.12. The standard InChI is InChI=1S/C24H32N2O3/c1-16(2)20(18-11-7-6-8-12-18)15-25-24(28)22(17(3)4)26-23(27)19-13-9-10-14-21(19)29-5/h6-14,16-17,20,22H,15H2,1-5H3,(H,25,28)(H,26,27). The number of carbonyl (C=O) groups excluding carboxylic acids is 2. The summed E-state index contributed by atoms with van der Waals surface area (Å²) in [5.74, 6) is 0.514. The van der Waals surface area contributed by atoms with Crippen LogP contribution in [0.15, 0.2) is 54.6 Å². The molecular weight excluding hydrogens is 364 g/mol. The number of hydrogen-bond donors (Lipinski definition) is 2. The quantitative estimate of drug-likeness (QED) is 0.673. The molecule has 0 aromatic heterocycles. The van der Waals surface area contributed by atoms with Crippen LogP contribution in [0.1, 0.15) is 49.5 Å². The highest BCUT2D eigenvalue weighted by atomic mass is 16.5. The van der Waals surface area contributed by atoms with E-state index in [0.29, 0.717) is 23.8 Å². The van der Waals surface area contributed by atoms with Crippen LogP contribution in [-0.2, 0) is 4.79 Å². The van der Waals surface area contributed by atoms with E-state index in [1.54, 1.807) is 24.3 Å². The molecule has 0 fully saturated rings. The second-order valence-electron chi connectivity index (χ2n) is 7.90. The van der Waals surface area contributed by atoms with Gasteiger partial charge in [0.25, 0.3) is 5.91 Å². The number of carbonyl (C=O) groups is 2. The minimum Gasteiger partial charge on any atom is -0.496 e. The molecular formula is C24H32N2O3. The Balaban J connectivity index is 2.08. The first-order valence-electron chi connectivity index (χ1n) is 10.1. The molecule has 5 nitrogen and oxygen atoms in total. The number of hydrogen-bond acceptors (Lipinski definition) is 3. The molecule has 0 saturated carbocycles. The summed E-state index contributed by atoms with van der Waals surface area (Å²) in [7, 11) is 1.52. The summed E-state index contributed by atoms with van der Waals surface area (Å²) < 4.78 is 5.26. The number of para-hydroxylation sites is 1. The van der Waals surface area contributed by atoms with Crippen LogP contribution in [0.5, 0.6) is 5.75 Å². The lowest BCUT2D eigenvalue weighted by Crippen LogP contribution is -2.50. The van der Waals surface area contributed by atoms with Gasteiger partial charge in [-0.1, -0.05) is 70.2 Å². The Labute approximate surface area is 173 Å². The van der Waals surface area contributed by atoms with Crippen molar-refractivity contribution in [2.75, 3.05) is 13.7 Å². The van der Waals surface area contributed by atoms with E-state index in [1.807, 2.05) is 32.0 Å². The third kappa shape index (κ3) is 6.08. The van der Waals surface area contributed by atoms with E-state index < -0.39 is 6.04 Å². The van der Waals surface area contributed by atoms with Gasteiger partial charge < -0.3 is 15.4 Å². The fourth-order valence-electron chi connectivity index (χ4n) is 3.35. The summed E-state index contributed by atoms with van der Waals surface area (Å²) in [5, 5.41) is 5.91. The van der Waals surface area contributed by atoms with E-state index in [4.69, 9.17) is 4.74 Å². The summed E-state index contributed by atoms with van der Waals surface area (Å²) in [5.41, 5.74) is 1.61. The molecule has 2 rings (SSSR count). The Morgan fingerprint density at radius 3 is 2.10 bits per heavy atom. The number of ether oxygens (including phenoxy) is 1. The van der Waals surface area contributed by atoms with E-state index in [1.165, 1.54) is 12.7 Å². The van der Waals surface area contributed by atoms with Crippen molar-refractivity contribution < 1.29 is 14.3 Å². The average molecular weight is 397 g/mol. The zero-order valence-electron chi connectivity index (χ0n) is 17.9. The van der Waals surface area contributed by atoms with Crippen LogP contribution in [0, 0.1) is 11.8 Å². The van der Waals surface area contributed by atoms with Gasteiger partial charge in [0.2, 0.25) is 5.91 Å². The van der Waals surface area contributed by atoms with E-state index in [0.717, 1.165) is 0 Å². The lowest BCUT2D eigenvalue weighted by atomic mass is 9.88. The van der Waals surface area contributed by atoms with Crippen LogP contribution in [0.2, 0.25) is 0 Å². The Bertz CT molecular complexity index is 803. The van der Waals surface area contributed by atoms with Crippen molar-refractivity contribution in [1.29, 1.82) is 0 Å². The maximum atomic E-state index is 12.9. The fourth-order valence-corrected chi connectivity index (χ4v) is 3.35. The van der Waals surface area contributed by atoms with Gasteiger partial charge in [-0.2, -0.15) is 0 Å². The van der Waals surface area contributed by atoms with Crippen LogP contribution in [0.25, 0.3) is 0 Å². The molecule has 5 heteroatoms. The van der Waals surface area contributed by atoms with Gasteiger partial charge in [-0.25, -0.2) is 0 Å². The average Bonchev–Trinajstić information content (AvgIpc) is 2.72. The highest BCUT2D eigenvalue weighted by molar-refractivity contribution is 5.99. The van der Waals surface area contributed by atoms with Gasteiger partial charge in [-0.15, -0.1) is 0 Å². The van der Waals surface area contributed by atoms with Crippen molar-refractivity contribution in [1.82, 2.24) is 10.6 Å². The molecule has 0 saturated heterocycles. The Hall–Kier alpha value is -2.82. The molecule has 0 aliphatic rings. The number of nitrogens with one attached hydrogen (secondary N) is 2. The zero-order valence-corrected chi connectivity index (χ0v) is 17.9. The monoisotopic (exact) mass is 396 g/mol. The maximum Gasteiger partial charge on any atom is 0.255 e. The summed E-state index contributed by atoms with van der Waals surface area (Å²) in [4.78, 5) is 25.6. The van der Waals surface area contributed by atoms with E-state index >= 15 is 0 Å². The second kappa shape index (κ2) is 10.6. The first-order chi connectivity index (χ1) is 13.8. The summed E-state index contributed by atoms with van der Waals surface area (Å²) in [6.07, 6.45) is 0. The molecule has 0 aliphatic heterocycles. The van der Waals surface area contributed by atoms with Gasteiger partial charge in [-0.05, 0) is 29.5 Å². The predicted octanol–water partition coefficient (Wildman–Crippen LogP) is 4.01.